The minimum absolute atomic E-state index is 0.0928. The average molecular weight is 584 g/mol. The number of nitriles is 1. The fourth-order valence-electron chi connectivity index (χ4n) is 8.52. The summed E-state index contributed by atoms with van der Waals surface area (Å²) in [5.74, 6) is 1.29. The number of anilines is 2. The van der Waals surface area contributed by atoms with Crippen molar-refractivity contribution < 1.29 is 13.9 Å². The van der Waals surface area contributed by atoms with E-state index in [9.17, 15) is 14.4 Å². The van der Waals surface area contributed by atoms with Crippen LogP contribution in [0.4, 0.5) is 15.9 Å². The molecule has 0 bridgehead atoms. The summed E-state index contributed by atoms with van der Waals surface area (Å²) < 4.78 is 20.2. The summed E-state index contributed by atoms with van der Waals surface area (Å²) in [6.07, 6.45) is 5.78. The van der Waals surface area contributed by atoms with Gasteiger partial charge in [0.15, 0.2) is 5.83 Å². The van der Waals surface area contributed by atoms with E-state index in [2.05, 4.69) is 52.6 Å². The largest absolute Gasteiger partial charge is 0.461 e. The number of amides is 1. The molecule has 1 amide bonds. The highest BCUT2D eigenvalue weighted by Crippen LogP contribution is 2.59. The number of hydrogen-bond donors (Lipinski definition) is 0. The van der Waals surface area contributed by atoms with Crippen LogP contribution in [0.15, 0.2) is 30.6 Å². The summed E-state index contributed by atoms with van der Waals surface area (Å²) in [6, 6.07) is 8.88. The minimum Gasteiger partial charge on any atom is -0.461 e. The SMILES string of the molecule is C=C(F)C(=O)N1CCN(c2nc(OCC34CC3CCN4C)nc3c2CCN(c2cccc4c2C2CC2C4)C3)C[C@@H]1CC#N. The summed E-state index contributed by atoms with van der Waals surface area (Å²) in [5, 5.41) is 9.52. The van der Waals surface area contributed by atoms with Crippen molar-refractivity contribution in [3.8, 4) is 12.1 Å². The number of benzene rings is 1. The molecule has 2 aromatic rings. The van der Waals surface area contributed by atoms with Gasteiger partial charge in [-0.2, -0.15) is 15.2 Å². The lowest BCUT2D eigenvalue weighted by atomic mass is 9.99. The Bertz CT molecular complexity index is 1560. The lowest BCUT2D eigenvalue weighted by molar-refractivity contribution is -0.131. The monoisotopic (exact) mass is 583 g/mol. The summed E-state index contributed by atoms with van der Waals surface area (Å²) in [7, 11) is 2.18. The highest BCUT2D eigenvalue weighted by molar-refractivity contribution is 5.91. The van der Waals surface area contributed by atoms with E-state index in [0.717, 1.165) is 48.9 Å². The fraction of sp³-hybridized carbons (Fsp3) is 0.576. The number of nitrogens with zero attached hydrogens (tertiary/aromatic N) is 7. The quantitative estimate of drug-likeness (QED) is 0.457. The summed E-state index contributed by atoms with van der Waals surface area (Å²) in [4.78, 5) is 31.0. The van der Waals surface area contributed by atoms with Gasteiger partial charge in [-0.1, -0.05) is 18.7 Å². The van der Waals surface area contributed by atoms with Gasteiger partial charge in [-0.3, -0.25) is 9.69 Å². The molecule has 224 valence electrons. The maximum absolute atomic E-state index is 13.8. The van der Waals surface area contributed by atoms with Gasteiger partial charge >= 0.3 is 6.01 Å². The molecule has 0 radical (unpaired) electrons. The van der Waals surface area contributed by atoms with E-state index in [1.807, 2.05) is 0 Å². The molecule has 1 aromatic heterocycles. The molecule has 5 atom stereocenters. The van der Waals surface area contributed by atoms with Crippen LogP contribution in [0.3, 0.4) is 0 Å². The van der Waals surface area contributed by atoms with Gasteiger partial charge in [0.2, 0.25) is 0 Å². The number of ether oxygens (including phenoxy) is 1. The number of aromatic nitrogens is 2. The van der Waals surface area contributed by atoms with E-state index in [1.54, 1.807) is 5.56 Å². The number of piperidine rings is 1. The van der Waals surface area contributed by atoms with E-state index in [-0.39, 0.29) is 12.0 Å². The van der Waals surface area contributed by atoms with Crippen molar-refractivity contribution in [3.05, 3.63) is 53.0 Å². The van der Waals surface area contributed by atoms with Crippen LogP contribution in [0.2, 0.25) is 0 Å². The van der Waals surface area contributed by atoms with Crippen molar-refractivity contribution in [2.45, 2.75) is 62.6 Å². The summed E-state index contributed by atoms with van der Waals surface area (Å²) in [5.41, 5.74) is 6.56. The Morgan fingerprint density at radius 1 is 1.23 bits per heavy atom. The first-order chi connectivity index (χ1) is 20.9. The highest BCUT2D eigenvalue weighted by atomic mass is 19.1. The number of fused-ring (bicyclic) bond motifs is 5. The molecule has 2 saturated heterocycles. The van der Waals surface area contributed by atoms with E-state index in [0.29, 0.717) is 50.6 Å². The van der Waals surface area contributed by atoms with Gasteiger partial charge in [0.05, 0.1) is 36.3 Å². The van der Waals surface area contributed by atoms with E-state index >= 15 is 0 Å². The Morgan fingerprint density at radius 2 is 2.12 bits per heavy atom. The molecule has 4 fully saturated rings. The number of likely N-dealkylation sites (tertiary alicyclic amines) is 1. The molecule has 0 spiro atoms. The molecular weight excluding hydrogens is 545 g/mol. The Labute approximate surface area is 251 Å². The zero-order chi connectivity index (χ0) is 29.5. The van der Waals surface area contributed by atoms with Crippen LogP contribution < -0.4 is 14.5 Å². The number of piperazine rings is 1. The molecule has 6 aliphatic rings. The second-order valence-electron chi connectivity index (χ2n) is 13.5. The number of carbonyl (C=O) groups excluding carboxylic acids is 1. The summed E-state index contributed by atoms with van der Waals surface area (Å²) >= 11 is 0. The molecule has 3 aliphatic heterocycles. The Kier molecular flexibility index (Phi) is 6.20. The van der Waals surface area contributed by atoms with E-state index in [4.69, 9.17) is 14.7 Å². The van der Waals surface area contributed by atoms with Crippen molar-refractivity contribution in [2.24, 2.45) is 11.8 Å². The van der Waals surface area contributed by atoms with Crippen LogP contribution in [-0.4, -0.2) is 83.6 Å². The van der Waals surface area contributed by atoms with Crippen LogP contribution in [0, 0.1) is 23.2 Å². The molecule has 10 heteroatoms. The van der Waals surface area contributed by atoms with Gasteiger partial charge < -0.3 is 19.4 Å². The summed E-state index contributed by atoms with van der Waals surface area (Å²) in [6.45, 7) is 7.59. The first-order valence-corrected chi connectivity index (χ1v) is 15.7. The highest BCUT2D eigenvalue weighted by Gasteiger charge is 2.61. The average Bonchev–Trinajstić information content (AvgIpc) is 3.88. The molecule has 4 unspecified atom stereocenters. The molecular formula is C33H38FN7O2. The third-order valence-electron chi connectivity index (χ3n) is 11.1. The van der Waals surface area contributed by atoms with Crippen LogP contribution in [0.1, 0.15) is 54.0 Å². The second kappa shape index (κ2) is 9.91. The van der Waals surface area contributed by atoms with Crippen molar-refractivity contribution in [1.82, 2.24) is 19.8 Å². The third kappa shape index (κ3) is 4.38. The van der Waals surface area contributed by atoms with Crippen molar-refractivity contribution in [2.75, 3.05) is 56.2 Å². The lowest BCUT2D eigenvalue weighted by Gasteiger charge is -2.42. The smallest absolute Gasteiger partial charge is 0.318 e. The molecule has 8 rings (SSSR count). The zero-order valence-corrected chi connectivity index (χ0v) is 24.8. The van der Waals surface area contributed by atoms with Crippen LogP contribution in [0.5, 0.6) is 6.01 Å². The molecule has 9 nitrogen and oxygen atoms in total. The predicted octanol–water partition coefficient (Wildman–Crippen LogP) is 3.59. The second-order valence-corrected chi connectivity index (χ2v) is 13.5. The molecule has 1 aromatic carbocycles. The topological polar surface area (TPSA) is 88.8 Å². The third-order valence-corrected chi connectivity index (χ3v) is 11.1. The molecule has 43 heavy (non-hydrogen) atoms. The number of likely N-dealkylation sites (N-methyl/N-ethyl adjacent to an activating group) is 1. The van der Waals surface area contributed by atoms with Crippen molar-refractivity contribution in [1.29, 1.82) is 5.26 Å². The lowest BCUT2D eigenvalue weighted by Crippen LogP contribution is -2.55. The Morgan fingerprint density at radius 3 is 2.88 bits per heavy atom. The van der Waals surface area contributed by atoms with Gasteiger partial charge in [0, 0.05) is 37.4 Å². The Balaban J connectivity index is 1.11. The van der Waals surface area contributed by atoms with Crippen molar-refractivity contribution in [3.63, 3.8) is 0 Å². The number of hydrogen-bond acceptors (Lipinski definition) is 8. The number of carbonyl (C=O) groups is 1. The standard InChI is InChI=1S/C33H38FN7O2/c1-20(34)31(42)41-13-12-40(17-24(41)6-9-35)30-25-8-11-39(28-5-3-4-21-14-22-15-26(22)29(21)28)18-27(25)36-32(37-30)43-19-33-16-23(33)7-10-38(33)2/h3-5,22-24,26H,1,6-8,10-19H2,2H3/t22?,23?,24-,26?,33?/m0/s1. The fourth-order valence-corrected chi connectivity index (χ4v) is 8.52. The number of rotatable bonds is 7. The van der Waals surface area contributed by atoms with E-state index < -0.39 is 17.8 Å². The number of halogens is 1. The zero-order valence-electron chi connectivity index (χ0n) is 24.8. The van der Waals surface area contributed by atoms with Gasteiger partial charge in [0.1, 0.15) is 12.4 Å². The minimum atomic E-state index is -0.994. The first kappa shape index (κ1) is 26.9. The Hall–Kier alpha value is -3.71. The first-order valence-electron chi connectivity index (χ1n) is 15.7. The molecule has 2 saturated carbocycles. The maximum Gasteiger partial charge on any atom is 0.318 e. The molecule has 3 aliphatic carbocycles. The van der Waals surface area contributed by atoms with Crippen molar-refractivity contribution >= 4 is 17.4 Å². The molecule has 4 heterocycles. The van der Waals surface area contributed by atoms with Gasteiger partial charge in [-0.05, 0) is 80.6 Å². The van der Waals surface area contributed by atoms with Gasteiger partial charge in [0.25, 0.3) is 5.91 Å². The van der Waals surface area contributed by atoms with Gasteiger partial charge in [-0.15, -0.1) is 0 Å². The van der Waals surface area contributed by atoms with Crippen LogP contribution in [0.25, 0.3) is 0 Å². The van der Waals surface area contributed by atoms with Crippen LogP contribution in [-0.2, 0) is 24.2 Å². The van der Waals surface area contributed by atoms with Crippen LogP contribution >= 0.6 is 0 Å². The maximum atomic E-state index is 13.8. The predicted molar refractivity (Wildman–Crippen MR) is 160 cm³/mol. The van der Waals surface area contributed by atoms with Gasteiger partial charge in [-0.25, -0.2) is 4.39 Å². The van der Waals surface area contributed by atoms with E-state index in [1.165, 1.54) is 35.4 Å². The molecule has 0 N–H and O–H groups in total. The normalized spacial score (nSPS) is 30.2.